The first-order valence-corrected chi connectivity index (χ1v) is 32.6. The number of alkyl halides is 12. The van der Waals surface area contributed by atoms with Gasteiger partial charge in [-0.15, -0.1) is 0 Å². The van der Waals surface area contributed by atoms with Crippen LogP contribution in [-0.2, 0) is 36.0 Å². The Balaban J connectivity index is 0.996. The number of carbonyl (C=O) groups is 4. The summed E-state index contributed by atoms with van der Waals surface area (Å²) in [6.45, 7) is -0.768. The largest absolute Gasteiger partial charge is 0.457 e. The Kier molecular flexibility index (Phi) is 18.5. The Bertz CT molecular complexity index is 5700. The molecule has 8 aromatic carbocycles. The molecule has 0 spiro atoms. The average Bonchev–Trinajstić information content (AvgIpc) is 1.56. The van der Waals surface area contributed by atoms with Gasteiger partial charge >= 0.3 is 48.6 Å². The first kappa shape index (κ1) is 71.4. The fraction of sp³-hybridized carbons (Fsp3) is 0.0649. The van der Waals surface area contributed by atoms with Gasteiger partial charge in [-0.05, 0) is 138 Å². The first-order chi connectivity index (χ1) is 50.4. The molecule has 106 heavy (non-hydrogen) atoms. The van der Waals surface area contributed by atoms with E-state index in [1.807, 2.05) is 0 Å². The summed E-state index contributed by atoms with van der Waals surface area (Å²) in [5.74, 6) is -6.95. The van der Waals surface area contributed by atoms with Crippen LogP contribution < -0.4 is 30.4 Å². The molecular formula is C77H39Cl4F12N5O8. The Morgan fingerprint density at radius 1 is 0.340 bits per heavy atom. The number of hydrogen-bond donors (Lipinski definition) is 1. The van der Waals surface area contributed by atoms with Crippen molar-refractivity contribution in [3.05, 3.63) is 344 Å². The lowest BCUT2D eigenvalue weighted by Crippen LogP contribution is -2.42. The smallest absolute Gasteiger partial charge is 0.419 e. The summed E-state index contributed by atoms with van der Waals surface area (Å²) in [5, 5.41) is -0.463. The van der Waals surface area contributed by atoms with Gasteiger partial charge in [0.1, 0.15) is 23.9 Å². The van der Waals surface area contributed by atoms with E-state index in [2.05, 4.69) is 5.53 Å². The fourth-order valence-electron chi connectivity index (χ4n) is 12.2. The molecule has 14 rings (SSSR count). The van der Waals surface area contributed by atoms with Gasteiger partial charge in [-0.3, -0.25) is 0 Å². The molecule has 4 aliphatic rings. The van der Waals surface area contributed by atoms with Gasteiger partial charge < -0.3 is 18.9 Å². The molecular weight excluding hydrogens is 1490 g/mol. The van der Waals surface area contributed by atoms with E-state index in [0.29, 0.717) is 0 Å². The molecule has 6 bridgehead atoms. The van der Waals surface area contributed by atoms with Crippen molar-refractivity contribution in [2.24, 2.45) is 9.98 Å². The van der Waals surface area contributed by atoms with Crippen molar-refractivity contribution in [3.63, 3.8) is 0 Å². The monoisotopic (exact) mass is 1530 g/mol. The number of allylic oxidation sites excluding steroid dienone is 4. The number of aromatic nitrogens is 2. The second-order valence-electron chi connectivity index (χ2n) is 23.5. The molecule has 6 heterocycles. The van der Waals surface area contributed by atoms with E-state index in [1.54, 1.807) is 24.3 Å². The van der Waals surface area contributed by atoms with Gasteiger partial charge in [-0.25, -0.2) is 44.0 Å². The van der Waals surface area contributed by atoms with Gasteiger partial charge in [0.2, 0.25) is 0 Å². The van der Waals surface area contributed by atoms with Crippen LogP contribution in [0.4, 0.5) is 52.7 Å². The number of aliphatic imine (C=N–C) groups is 2. The highest BCUT2D eigenvalue weighted by molar-refractivity contribution is 6.59. The summed E-state index contributed by atoms with van der Waals surface area (Å²) in [6.07, 6.45) is -19.5. The van der Waals surface area contributed by atoms with Crippen molar-refractivity contribution in [2.45, 2.75) is 31.3 Å². The number of carbonyl (C=O) groups excluding carboxylic acids is 4. The lowest BCUT2D eigenvalue weighted by atomic mass is 9.98. The van der Waals surface area contributed by atoms with Crippen molar-refractivity contribution in [2.75, 3.05) is 5.53 Å². The molecule has 0 radical (unpaired) electrons. The number of fused-ring (bicyclic) bond motifs is 2. The zero-order valence-electron chi connectivity index (χ0n) is 53.1. The zero-order valence-corrected chi connectivity index (χ0v) is 56.1. The number of halogens is 16. The standard InChI is InChI=1S/C77H39Cl4F12N5O8/c78-62-63(79)67-60(40-21-29-44(30-22-40)72(101)105-56-15-7-4-12-49(56)76(88,89)90)53-35-36-54-61(41-23-31-45(32-24-41)73(102)106-57-16-8-5-13-50(57)77(91,92)93)69-65(81)64(80)68(95-69)59(39-19-27-43(28-20-39)71(100)104-55-14-6-3-11-48(55)75(85,86)87)52-34-33-51(97(52)96-98(53)54)58(66(62)94-67)38-17-25-42(26-18-38)70(99)103-37-46-9-1-2-10-47(46)74(82,83)84/h1-36,96H,37H2/b58-51-,59-52+,60-53?,61-54?,66-58?,67-60-,68-59?,69-61-. The number of rotatable bonds is 13. The number of esters is 4. The summed E-state index contributed by atoms with van der Waals surface area (Å²) in [5.41, 5.74) is -0.960. The Morgan fingerprint density at radius 2 is 0.642 bits per heavy atom. The molecule has 4 aliphatic heterocycles. The summed E-state index contributed by atoms with van der Waals surface area (Å²) in [7, 11) is 0. The van der Waals surface area contributed by atoms with Gasteiger partial charge in [0.05, 0.1) is 110 Å². The molecule has 0 aliphatic carbocycles. The Labute approximate surface area is 609 Å². The van der Waals surface area contributed by atoms with Crippen molar-refractivity contribution >= 4 is 104 Å². The SMILES string of the molecule is O=C(OCc1ccccc1C(F)(F)F)c1ccc(/C2=c3\cc/c4n3Nn3c(ccc3/C(c3ccc(C(=O)Oc5ccccc5C(F)(F)F)cc3)=C3N=C(C(Cl)=C\3Cl)/C=4c3ccc(C(=O)Oc4ccccc4C(F)(F)F)cc3)/C(c3ccc(C(=O)Oc4ccccc4C(F)(F)F)cc3)=C3N=C2C(Cl)=C\3Cl)cc1. The van der Waals surface area contributed by atoms with E-state index in [9.17, 15) is 71.9 Å². The topological polar surface area (TPSA) is 152 Å². The molecule has 532 valence electrons. The van der Waals surface area contributed by atoms with E-state index in [0.717, 1.165) is 66.7 Å². The predicted octanol–water partition coefficient (Wildman–Crippen LogP) is 18.6. The van der Waals surface area contributed by atoms with Crippen molar-refractivity contribution < 1.29 is 90.8 Å². The van der Waals surface area contributed by atoms with Crippen LogP contribution in [0.2, 0.25) is 0 Å². The maximum Gasteiger partial charge on any atom is 0.419 e. The molecule has 13 nitrogen and oxygen atoms in total. The summed E-state index contributed by atoms with van der Waals surface area (Å²) >= 11 is 29.8. The van der Waals surface area contributed by atoms with Crippen LogP contribution in [0, 0.1) is 0 Å². The molecule has 0 amide bonds. The lowest BCUT2D eigenvalue weighted by molar-refractivity contribution is -0.139. The van der Waals surface area contributed by atoms with Crippen LogP contribution in [0.1, 0.15) is 103 Å². The zero-order chi connectivity index (χ0) is 75.1. The third kappa shape index (κ3) is 13.5. The predicted molar refractivity (Wildman–Crippen MR) is 368 cm³/mol. The third-order valence-corrected chi connectivity index (χ3v) is 18.8. The van der Waals surface area contributed by atoms with E-state index >= 15 is 0 Å². The lowest BCUT2D eigenvalue weighted by Gasteiger charge is -2.24. The Hall–Kier alpha value is -11.6. The minimum atomic E-state index is -4.92. The number of hydrogen-bond acceptors (Lipinski definition) is 11. The number of para-hydroxylation sites is 3. The normalized spacial score (nSPS) is 16.8. The maximum atomic E-state index is 14.2. The maximum absolute atomic E-state index is 14.2. The van der Waals surface area contributed by atoms with E-state index < -0.39 is 94.7 Å². The molecule has 0 fully saturated rings. The Morgan fingerprint density at radius 3 is 0.981 bits per heavy atom. The van der Waals surface area contributed by atoms with E-state index in [1.165, 1.54) is 137 Å². The molecule has 0 unspecified atom stereocenters. The molecule has 2 aromatic heterocycles. The molecule has 29 heteroatoms. The third-order valence-electron chi connectivity index (χ3n) is 17.1. The van der Waals surface area contributed by atoms with Crippen LogP contribution in [-0.4, -0.2) is 44.7 Å². The molecule has 10 aromatic rings. The number of ether oxygens (including phenoxy) is 4. The number of nitrogens with one attached hydrogen (secondary N) is 1. The van der Waals surface area contributed by atoms with Crippen molar-refractivity contribution in [3.8, 4) is 17.2 Å². The minimum absolute atomic E-state index is 0.0409. The molecule has 0 atom stereocenters. The molecule has 0 saturated heterocycles. The van der Waals surface area contributed by atoms with Gasteiger partial charge in [0.15, 0.2) is 0 Å². The highest BCUT2D eigenvalue weighted by atomic mass is 35.5. The highest BCUT2D eigenvalue weighted by Gasteiger charge is 2.41. The van der Waals surface area contributed by atoms with E-state index in [-0.39, 0.29) is 137 Å². The van der Waals surface area contributed by atoms with Crippen LogP contribution in [0.25, 0.3) is 22.3 Å². The summed E-state index contributed by atoms with van der Waals surface area (Å²) < 4.78 is 194. The van der Waals surface area contributed by atoms with Gasteiger partial charge in [0.25, 0.3) is 0 Å². The quantitative estimate of drug-likeness (QED) is 0.0675. The average molecular weight is 1530 g/mol. The van der Waals surface area contributed by atoms with Gasteiger partial charge in [-0.1, -0.05) is 150 Å². The van der Waals surface area contributed by atoms with Gasteiger partial charge in [0, 0.05) is 27.9 Å². The fourth-order valence-corrected chi connectivity index (χ4v) is 13.1. The first-order valence-electron chi connectivity index (χ1n) is 31.1. The van der Waals surface area contributed by atoms with Gasteiger partial charge in [-0.2, -0.15) is 52.7 Å². The van der Waals surface area contributed by atoms with E-state index in [4.69, 9.17) is 75.3 Å². The molecule has 0 saturated carbocycles. The van der Waals surface area contributed by atoms with Crippen molar-refractivity contribution in [1.82, 2.24) is 9.35 Å². The second-order valence-corrected chi connectivity index (χ2v) is 25.1. The van der Waals surface area contributed by atoms with Crippen LogP contribution >= 0.6 is 46.4 Å². The van der Waals surface area contributed by atoms with Crippen LogP contribution in [0.5, 0.6) is 17.2 Å². The second kappa shape index (κ2) is 27.4. The number of benzene rings is 8. The summed E-state index contributed by atoms with van der Waals surface area (Å²) in [6, 6.07) is 44.8. The number of nitrogens with zero attached hydrogens (tertiary/aromatic N) is 4. The van der Waals surface area contributed by atoms with Crippen molar-refractivity contribution in [1.29, 1.82) is 0 Å². The van der Waals surface area contributed by atoms with Crippen LogP contribution in [0.15, 0.2) is 260 Å². The molecule has 1 N–H and O–H groups in total. The van der Waals surface area contributed by atoms with Crippen LogP contribution in [0.3, 0.4) is 0 Å². The summed E-state index contributed by atoms with van der Waals surface area (Å²) in [4.78, 5) is 65.6. The minimum Gasteiger partial charge on any atom is -0.457 e. The highest BCUT2D eigenvalue weighted by Crippen LogP contribution is 2.48.